The number of carbonyl (C=O) groups excluding carboxylic acids is 1. The van der Waals surface area contributed by atoms with E-state index in [4.69, 9.17) is 4.52 Å². The highest BCUT2D eigenvalue weighted by Gasteiger charge is 2.19. The molecule has 0 bridgehead atoms. The zero-order valence-electron chi connectivity index (χ0n) is 13.2. The predicted molar refractivity (Wildman–Crippen MR) is 89.6 cm³/mol. The monoisotopic (exact) mass is 344 g/mol. The average Bonchev–Trinajstić information content (AvgIpc) is 3.24. The molecule has 124 valence electrons. The SMILES string of the molecule is Cc1noc(-c2cccn([C@H](C)C(=O)NCc3cccs3)c2=O)n1. The van der Waals surface area contributed by atoms with Gasteiger partial charge in [0.1, 0.15) is 11.6 Å². The number of thiophene rings is 1. The van der Waals surface area contributed by atoms with Crippen molar-refractivity contribution < 1.29 is 9.32 Å². The molecule has 0 aliphatic rings. The van der Waals surface area contributed by atoms with Crippen LogP contribution in [0.15, 0.2) is 45.2 Å². The number of nitrogens with zero attached hydrogens (tertiary/aromatic N) is 3. The predicted octanol–water partition coefficient (Wildman–Crippen LogP) is 2.15. The molecule has 8 heteroatoms. The van der Waals surface area contributed by atoms with Crippen LogP contribution in [-0.4, -0.2) is 20.6 Å². The third-order valence-corrected chi connectivity index (χ3v) is 4.42. The van der Waals surface area contributed by atoms with Gasteiger partial charge < -0.3 is 14.4 Å². The summed E-state index contributed by atoms with van der Waals surface area (Å²) in [7, 11) is 0. The molecule has 0 aliphatic heterocycles. The first-order valence-electron chi connectivity index (χ1n) is 7.38. The van der Waals surface area contributed by atoms with Gasteiger partial charge in [0, 0.05) is 11.1 Å². The van der Waals surface area contributed by atoms with Gasteiger partial charge in [0.05, 0.1) is 6.54 Å². The summed E-state index contributed by atoms with van der Waals surface area (Å²) in [6.45, 7) is 3.79. The number of carbonyl (C=O) groups is 1. The third-order valence-electron chi connectivity index (χ3n) is 3.55. The lowest BCUT2D eigenvalue weighted by atomic mass is 10.2. The summed E-state index contributed by atoms with van der Waals surface area (Å²) in [4.78, 5) is 30.1. The largest absolute Gasteiger partial charge is 0.349 e. The van der Waals surface area contributed by atoms with Crippen LogP contribution in [0.25, 0.3) is 11.5 Å². The quantitative estimate of drug-likeness (QED) is 0.766. The Hall–Kier alpha value is -2.74. The lowest BCUT2D eigenvalue weighted by molar-refractivity contribution is -0.124. The van der Waals surface area contributed by atoms with Gasteiger partial charge in [0.25, 0.3) is 11.4 Å². The zero-order valence-corrected chi connectivity index (χ0v) is 14.0. The Kier molecular flexibility index (Phi) is 4.57. The molecule has 3 heterocycles. The van der Waals surface area contributed by atoms with Crippen molar-refractivity contribution in [2.24, 2.45) is 0 Å². The van der Waals surface area contributed by atoms with Gasteiger partial charge in [-0.3, -0.25) is 9.59 Å². The molecule has 0 aromatic carbocycles. The number of hydrogen-bond acceptors (Lipinski definition) is 6. The second-order valence-corrected chi connectivity index (χ2v) is 6.29. The number of hydrogen-bond donors (Lipinski definition) is 1. The molecule has 0 saturated heterocycles. The fourth-order valence-corrected chi connectivity index (χ4v) is 2.89. The van der Waals surface area contributed by atoms with Gasteiger partial charge in [0.2, 0.25) is 5.91 Å². The van der Waals surface area contributed by atoms with Crippen LogP contribution in [0.1, 0.15) is 23.7 Å². The van der Waals surface area contributed by atoms with Gasteiger partial charge in [-0.1, -0.05) is 11.2 Å². The summed E-state index contributed by atoms with van der Waals surface area (Å²) in [6.07, 6.45) is 1.57. The lowest BCUT2D eigenvalue weighted by Gasteiger charge is -2.15. The standard InChI is InChI=1S/C16H16N4O3S/c1-10(14(21)17-9-12-5-4-8-24-12)20-7-3-6-13(16(20)22)15-18-11(2)19-23-15/h3-8,10H,9H2,1-2H3,(H,17,21)/t10-/m1/s1. The molecule has 0 fully saturated rings. The molecule has 7 nitrogen and oxygen atoms in total. The van der Waals surface area contributed by atoms with E-state index in [0.29, 0.717) is 12.4 Å². The van der Waals surface area contributed by atoms with Crippen molar-refractivity contribution in [2.45, 2.75) is 26.4 Å². The van der Waals surface area contributed by atoms with Crippen LogP contribution in [0.5, 0.6) is 0 Å². The highest BCUT2D eigenvalue weighted by Crippen LogP contribution is 2.14. The maximum Gasteiger partial charge on any atom is 0.264 e. The number of pyridine rings is 1. The number of rotatable bonds is 5. The van der Waals surface area contributed by atoms with Crippen LogP contribution in [-0.2, 0) is 11.3 Å². The molecule has 3 aromatic rings. The average molecular weight is 344 g/mol. The molecule has 0 spiro atoms. The van der Waals surface area contributed by atoms with E-state index in [9.17, 15) is 9.59 Å². The van der Waals surface area contributed by atoms with Crippen molar-refractivity contribution >= 4 is 17.2 Å². The molecular weight excluding hydrogens is 328 g/mol. The van der Waals surface area contributed by atoms with Crippen LogP contribution in [0.4, 0.5) is 0 Å². The molecule has 0 aliphatic carbocycles. The zero-order chi connectivity index (χ0) is 17.1. The number of amides is 1. The van der Waals surface area contributed by atoms with Crippen molar-refractivity contribution in [3.63, 3.8) is 0 Å². The fraction of sp³-hybridized carbons (Fsp3) is 0.250. The van der Waals surface area contributed by atoms with Gasteiger partial charge in [-0.05, 0) is 37.4 Å². The molecule has 1 N–H and O–H groups in total. The third kappa shape index (κ3) is 3.28. The molecular formula is C16H16N4O3S. The van der Waals surface area contributed by atoms with Gasteiger partial charge in [0.15, 0.2) is 5.82 Å². The van der Waals surface area contributed by atoms with Gasteiger partial charge >= 0.3 is 0 Å². The normalized spacial score (nSPS) is 12.1. The summed E-state index contributed by atoms with van der Waals surface area (Å²) in [5.41, 5.74) is -0.0732. The fourth-order valence-electron chi connectivity index (χ4n) is 2.25. The van der Waals surface area contributed by atoms with Gasteiger partial charge in [-0.2, -0.15) is 4.98 Å². The number of nitrogens with one attached hydrogen (secondary N) is 1. The first-order chi connectivity index (χ1) is 11.6. The molecule has 0 saturated carbocycles. The molecule has 0 unspecified atom stereocenters. The molecule has 24 heavy (non-hydrogen) atoms. The Morgan fingerprint density at radius 2 is 2.25 bits per heavy atom. The van der Waals surface area contributed by atoms with Crippen LogP contribution in [0.2, 0.25) is 0 Å². The van der Waals surface area contributed by atoms with E-state index in [-0.39, 0.29) is 22.9 Å². The van der Waals surface area contributed by atoms with Crippen molar-refractivity contribution in [1.82, 2.24) is 20.0 Å². The highest BCUT2D eigenvalue weighted by atomic mass is 32.1. The summed E-state index contributed by atoms with van der Waals surface area (Å²) in [6, 6.07) is 6.50. The second-order valence-electron chi connectivity index (χ2n) is 5.25. The second kappa shape index (κ2) is 6.79. The lowest BCUT2D eigenvalue weighted by Crippen LogP contribution is -2.35. The Morgan fingerprint density at radius 1 is 1.42 bits per heavy atom. The van der Waals surface area contributed by atoms with E-state index < -0.39 is 6.04 Å². The van der Waals surface area contributed by atoms with Crippen molar-refractivity contribution in [3.05, 3.63) is 56.9 Å². The minimum Gasteiger partial charge on any atom is -0.349 e. The Labute approximate surface area is 141 Å². The van der Waals surface area contributed by atoms with E-state index in [1.165, 1.54) is 4.57 Å². The van der Waals surface area contributed by atoms with Crippen molar-refractivity contribution in [2.75, 3.05) is 0 Å². The Morgan fingerprint density at radius 3 is 2.92 bits per heavy atom. The topological polar surface area (TPSA) is 90.0 Å². The highest BCUT2D eigenvalue weighted by molar-refractivity contribution is 7.09. The maximum atomic E-state index is 12.6. The summed E-state index contributed by atoms with van der Waals surface area (Å²) < 4.78 is 6.41. The van der Waals surface area contributed by atoms with E-state index in [2.05, 4.69) is 15.5 Å². The molecule has 3 rings (SSSR count). The Bertz CT molecular complexity index is 898. The van der Waals surface area contributed by atoms with E-state index in [1.807, 2.05) is 17.5 Å². The van der Waals surface area contributed by atoms with Gasteiger partial charge in [-0.15, -0.1) is 11.3 Å². The first kappa shape index (κ1) is 16.1. The van der Waals surface area contributed by atoms with E-state index in [1.54, 1.807) is 43.5 Å². The maximum absolute atomic E-state index is 12.6. The van der Waals surface area contributed by atoms with Crippen LogP contribution in [0, 0.1) is 6.92 Å². The summed E-state index contributed by atoms with van der Waals surface area (Å²) >= 11 is 1.57. The van der Waals surface area contributed by atoms with E-state index >= 15 is 0 Å². The van der Waals surface area contributed by atoms with E-state index in [0.717, 1.165) is 4.88 Å². The molecule has 1 amide bonds. The smallest absolute Gasteiger partial charge is 0.264 e. The summed E-state index contributed by atoms with van der Waals surface area (Å²) in [5.74, 6) is 0.365. The first-order valence-corrected chi connectivity index (χ1v) is 8.26. The van der Waals surface area contributed by atoms with Crippen LogP contribution >= 0.6 is 11.3 Å². The van der Waals surface area contributed by atoms with Crippen LogP contribution in [0.3, 0.4) is 0 Å². The molecule has 0 radical (unpaired) electrons. The van der Waals surface area contributed by atoms with Crippen molar-refractivity contribution in [1.29, 1.82) is 0 Å². The summed E-state index contributed by atoms with van der Waals surface area (Å²) in [5, 5.41) is 8.47. The minimum absolute atomic E-state index is 0.151. The van der Waals surface area contributed by atoms with Crippen molar-refractivity contribution in [3.8, 4) is 11.5 Å². The van der Waals surface area contributed by atoms with Crippen LogP contribution < -0.4 is 10.9 Å². The number of aromatic nitrogens is 3. The Balaban J connectivity index is 1.81. The molecule has 1 atom stereocenters. The van der Waals surface area contributed by atoms with Gasteiger partial charge in [-0.25, -0.2) is 0 Å². The minimum atomic E-state index is -0.651. The molecule has 3 aromatic heterocycles. The number of aryl methyl sites for hydroxylation is 1.